The van der Waals surface area contributed by atoms with Gasteiger partial charge in [-0.05, 0) is 49.4 Å². The summed E-state index contributed by atoms with van der Waals surface area (Å²) in [4.78, 5) is 29.5. The number of aromatic amines is 1. The lowest BCUT2D eigenvalue weighted by Gasteiger charge is -2.35. The van der Waals surface area contributed by atoms with Crippen molar-refractivity contribution in [2.24, 2.45) is 0 Å². The fourth-order valence-corrected chi connectivity index (χ4v) is 5.26. The summed E-state index contributed by atoms with van der Waals surface area (Å²) in [6.07, 6.45) is 1.93. The van der Waals surface area contributed by atoms with Crippen LogP contribution in [0.25, 0.3) is 10.9 Å². The van der Waals surface area contributed by atoms with Crippen molar-refractivity contribution >= 4 is 38.8 Å². The number of fused-ring (bicyclic) bond motifs is 3. The number of hydrogen-bond donors (Lipinski definition) is 1. The summed E-state index contributed by atoms with van der Waals surface area (Å²) in [6.45, 7) is 6.60. The van der Waals surface area contributed by atoms with Crippen LogP contribution in [0.5, 0.6) is 0 Å². The molecule has 6 nitrogen and oxygen atoms in total. The van der Waals surface area contributed by atoms with Crippen LogP contribution in [0.3, 0.4) is 0 Å². The van der Waals surface area contributed by atoms with Gasteiger partial charge in [0.05, 0.1) is 30.0 Å². The van der Waals surface area contributed by atoms with Crippen molar-refractivity contribution in [1.82, 2.24) is 4.98 Å². The van der Waals surface area contributed by atoms with Gasteiger partial charge in [-0.1, -0.05) is 59.6 Å². The van der Waals surface area contributed by atoms with Gasteiger partial charge in [-0.3, -0.25) is 0 Å². The van der Waals surface area contributed by atoms with Crippen LogP contribution in [0, 0.1) is 6.92 Å². The molecule has 0 bridgehead atoms. The van der Waals surface area contributed by atoms with E-state index < -0.39 is 11.6 Å². The summed E-state index contributed by atoms with van der Waals surface area (Å²) in [5, 5.41) is 0.968. The fourth-order valence-electron chi connectivity index (χ4n) is 4.59. The number of rotatable bonds is 7. The van der Waals surface area contributed by atoms with E-state index in [-0.39, 0.29) is 19.2 Å². The number of carbonyl (C=O) groups excluding carboxylic acids is 2. The molecule has 3 aromatic rings. The van der Waals surface area contributed by atoms with Gasteiger partial charge in [-0.2, -0.15) is 0 Å². The molecule has 0 saturated carbocycles. The zero-order valence-corrected chi connectivity index (χ0v) is 20.7. The van der Waals surface area contributed by atoms with Crippen LogP contribution in [-0.2, 0) is 37.6 Å². The van der Waals surface area contributed by atoms with Crippen LogP contribution in [-0.4, -0.2) is 30.1 Å². The first-order valence-electron chi connectivity index (χ1n) is 11.3. The van der Waals surface area contributed by atoms with Gasteiger partial charge in [0.1, 0.15) is 6.61 Å². The first kappa shape index (κ1) is 23.5. The molecule has 2 heterocycles. The minimum Gasteiger partial charge on any atom is -0.464 e. The third-order valence-corrected chi connectivity index (χ3v) is 6.76. The molecule has 0 spiro atoms. The number of aromatic nitrogens is 1. The minimum absolute atomic E-state index is 0.201. The molecule has 2 aromatic carbocycles. The Morgan fingerprint density at radius 1 is 1.18 bits per heavy atom. The molecule has 1 unspecified atom stereocenters. The Balaban J connectivity index is 1.77. The molecule has 33 heavy (non-hydrogen) atoms. The predicted molar refractivity (Wildman–Crippen MR) is 129 cm³/mol. The molecular weight excluding hydrogens is 486 g/mol. The molecule has 4 rings (SSSR count). The molecule has 0 aliphatic carbocycles. The van der Waals surface area contributed by atoms with Gasteiger partial charge in [-0.15, -0.1) is 0 Å². The normalized spacial score (nSPS) is 17.6. The molecular formula is C26H28BrNO5. The van der Waals surface area contributed by atoms with Crippen LogP contribution >= 0.6 is 15.9 Å². The number of aryl methyl sites for hydroxylation is 1. The highest BCUT2D eigenvalue weighted by Crippen LogP contribution is 2.44. The Morgan fingerprint density at radius 3 is 2.64 bits per heavy atom. The van der Waals surface area contributed by atoms with Crippen LogP contribution in [0.15, 0.2) is 40.9 Å². The maximum atomic E-state index is 13.1. The number of H-pyrrole nitrogens is 1. The Morgan fingerprint density at radius 2 is 1.94 bits per heavy atom. The van der Waals surface area contributed by atoms with Crippen molar-refractivity contribution in [3.8, 4) is 0 Å². The highest BCUT2D eigenvalue weighted by atomic mass is 79.9. The summed E-state index contributed by atoms with van der Waals surface area (Å²) in [5.41, 5.74) is 3.56. The Bertz CT molecular complexity index is 1190. The lowest BCUT2D eigenvalue weighted by molar-refractivity contribution is -0.178. The van der Waals surface area contributed by atoms with E-state index in [2.05, 4.69) is 20.9 Å². The van der Waals surface area contributed by atoms with Crippen LogP contribution < -0.4 is 0 Å². The molecule has 0 saturated heterocycles. The van der Waals surface area contributed by atoms with Crippen molar-refractivity contribution in [3.05, 3.63) is 68.8 Å². The SMILES string of the molecule is CCCC1(C(=O)OCC)OCCc2c1[nH]c1c(C)c(C(=O)OCc3ccccc3)cc(Br)c21. The number of benzene rings is 2. The van der Waals surface area contributed by atoms with Crippen LogP contribution in [0.4, 0.5) is 0 Å². The van der Waals surface area contributed by atoms with Crippen molar-refractivity contribution in [1.29, 1.82) is 0 Å². The third-order valence-electron chi connectivity index (χ3n) is 6.14. The van der Waals surface area contributed by atoms with Crippen LogP contribution in [0.1, 0.15) is 59.4 Å². The maximum absolute atomic E-state index is 13.1. The lowest BCUT2D eigenvalue weighted by Crippen LogP contribution is -2.44. The van der Waals surface area contributed by atoms with Crippen molar-refractivity contribution in [2.75, 3.05) is 13.2 Å². The number of carbonyl (C=O) groups is 2. The topological polar surface area (TPSA) is 77.6 Å². The zero-order chi connectivity index (χ0) is 23.6. The average molecular weight is 514 g/mol. The smallest absolute Gasteiger partial charge is 0.344 e. The lowest BCUT2D eigenvalue weighted by atomic mass is 9.87. The van der Waals surface area contributed by atoms with E-state index in [1.54, 1.807) is 13.0 Å². The standard InChI is InChI=1S/C26H28BrNO5/c1-4-12-26(25(30)31-5-2)23-18(11-13-33-26)21-20(27)14-19(16(3)22(21)28-23)24(29)32-15-17-9-7-6-8-10-17/h6-10,14,28H,4-5,11-13,15H2,1-3H3. The van der Waals surface area contributed by atoms with Gasteiger partial charge >= 0.3 is 11.9 Å². The Labute approximate surface area is 201 Å². The average Bonchev–Trinajstić information content (AvgIpc) is 3.23. The summed E-state index contributed by atoms with van der Waals surface area (Å²) >= 11 is 3.66. The third kappa shape index (κ3) is 4.20. The first-order chi connectivity index (χ1) is 15.9. The molecule has 1 aliphatic heterocycles. The van der Waals surface area contributed by atoms with E-state index in [4.69, 9.17) is 14.2 Å². The van der Waals surface area contributed by atoms with Gasteiger partial charge < -0.3 is 19.2 Å². The van der Waals surface area contributed by atoms with E-state index in [9.17, 15) is 9.59 Å². The Hall–Kier alpha value is -2.64. The molecule has 1 aromatic heterocycles. The van der Waals surface area contributed by atoms with Crippen molar-refractivity contribution in [3.63, 3.8) is 0 Å². The van der Waals surface area contributed by atoms with E-state index in [1.165, 1.54) is 0 Å². The number of nitrogens with one attached hydrogen (secondary N) is 1. The summed E-state index contributed by atoms with van der Waals surface area (Å²) in [7, 11) is 0. The van der Waals surface area contributed by atoms with Gasteiger partial charge in [0, 0.05) is 9.86 Å². The second-order valence-corrected chi connectivity index (χ2v) is 9.07. The molecule has 0 amide bonds. The number of ether oxygens (including phenoxy) is 3. The monoisotopic (exact) mass is 513 g/mol. The largest absolute Gasteiger partial charge is 0.464 e. The second-order valence-electron chi connectivity index (χ2n) is 8.22. The molecule has 174 valence electrons. The molecule has 0 fully saturated rings. The predicted octanol–water partition coefficient (Wildman–Crippen LogP) is 5.73. The quantitative estimate of drug-likeness (QED) is 0.408. The van der Waals surface area contributed by atoms with E-state index >= 15 is 0 Å². The van der Waals surface area contributed by atoms with Crippen LogP contribution in [0.2, 0.25) is 0 Å². The van der Waals surface area contributed by atoms with Gasteiger partial charge in [0.15, 0.2) is 0 Å². The van der Waals surface area contributed by atoms with E-state index in [1.807, 2.05) is 44.2 Å². The summed E-state index contributed by atoms with van der Waals surface area (Å²) in [5.74, 6) is -0.774. The molecule has 1 atom stereocenters. The fraction of sp³-hybridized carbons (Fsp3) is 0.385. The van der Waals surface area contributed by atoms with Gasteiger partial charge in [0.2, 0.25) is 5.60 Å². The molecule has 7 heteroatoms. The summed E-state index contributed by atoms with van der Waals surface area (Å²) in [6, 6.07) is 11.4. The maximum Gasteiger partial charge on any atom is 0.344 e. The first-order valence-corrected chi connectivity index (χ1v) is 12.1. The van der Waals surface area contributed by atoms with Gasteiger partial charge in [-0.25, -0.2) is 9.59 Å². The Kier molecular flexibility index (Phi) is 6.91. The summed E-state index contributed by atoms with van der Waals surface area (Å²) < 4.78 is 17.9. The van der Waals surface area contributed by atoms with E-state index in [0.717, 1.165) is 44.2 Å². The second kappa shape index (κ2) is 9.69. The number of halogens is 1. The highest BCUT2D eigenvalue weighted by molar-refractivity contribution is 9.10. The molecule has 1 aliphatic rings. The highest BCUT2D eigenvalue weighted by Gasteiger charge is 2.48. The van der Waals surface area contributed by atoms with Crippen molar-refractivity contribution in [2.45, 2.75) is 52.2 Å². The molecule has 1 N–H and O–H groups in total. The molecule has 0 radical (unpaired) electrons. The van der Waals surface area contributed by atoms with E-state index in [0.29, 0.717) is 25.0 Å². The minimum atomic E-state index is -1.17. The van der Waals surface area contributed by atoms with Gasteiger partial charge in [0.25, 0.3) is 0 Å². The number of esters is 2. The number of hydrogen-bond acceptors (Lipinski definition) is 5. The zero-order valence-electron chi connectivity index (χ0n) is 19.1. The van der Waals surface area contributed by atoms with Crippen molar-refractivity contribution < 1.29 is 23.8 Å².